The number of rotatable bonds is 4. The topological polar surface area (TPSA) is 38.3 Å². The fraction of sp³-hybridized carbons (Fsp3) is 0.211. The lowest BCUT2D eigenvalue weighted by Gasteiger charge is -2.05. The smallest absolute Gasteiger partial charge is 0.248 e. The van der Waals surface area contributed by atoms with Crippen molar-refractivity contribution in [2.75, 3.05) is 12.4 Å². The van der Waals surface area contributed by atoms with Crippen molar-refractivity contribution in [3.63, 3.8) is 0 Å². The molecule has 0 aliphatic heterocycles. The van der Waals surface area contributed by atoms with Crippen LogP contribution >= 0.6 is 0 Å². The van der Waals surface area contributed by atoms with E-state index in [4.69, 9.17) is 4.74 Å². The second-order valence-corrected chi connectivity index (χ2v) is 5.43. The number of nitrogens with one attached hydrogen (secondary N) is 1. The van der Waals surface area contributed by atoms with Gasteiger partial charge in [0.15, 0.2) is 0 Å². The van der Waals surface area contributed by atoms with E-state index in [-0.39, 0.29) is 5.91 Å². The van der Waals surface area contributed by atoms with E-state index in [2.05, 4.69) is 17.4 Å². The van der Waals surface area contributed by atoms with Gasteiger partial charge in [0, 0.05) is 11.8 Å². The summed E-state index contributed by atoms with van der Waals surface area (Å²) in [5.74, 6) is 0.688. The van der Waals surface area contributed by atoms with Crippen LogP contribution in [0, 0.1) is 0 Å². The van der Waals surface area contributed by atoms with E-state index in [1.165, 1.54) is 17.5 Å². The minimum absolute atomic E-state index is 0.117. The third kappa shape index (κ3) is 3.37. The number of hydrogen-bond donors (Lipinski definition) is 1. The first-order valence-electron chi connectivity index (χ1n) is 7.49. The van der Waals surface area contributed by atoms with Crippen LogP contribution in [0.4, 0.5) is 5.69 Å². The van der Waals surface area contributed by atoms with Gasteiger partial charge in [0.1, 0.15) is 5.75 Å². The molecule has 0 saturated carbocycles. The van der Waals surface area contributed by atoms with E-state index in [9.17, 15) is 4.79 Å². The zero-order valence-electron chi connectivity index (χ0n) is 12.6. The highest BCUT2D eigenvalue weighted by atomic mass is 16.5. The molecule has 0 heterocycles. The maximum Gasteiger partial charge on any atom is 0.248 e. The molecule has 0 saturated heterocycles. The minimum Gasteiger partial charge on any atom is -0.497 e. The summed E-state index contributed by atoms with van der Waals surface area (Å²) in [5, 5.41) is 2.91. The molecule has 2 aromatic rings. The third-order valence-corrected chi connectivity index (χ3v) is 3.91. The number of anilines is 1. The second-order valence-electron chi connectivity index (χ2n) is 5.43. The van der Waals surface area contributed by atoms with Gasteiger partial charge in [-0.15, -0.1) is 0 Å². The van der Waals surface area contributed by atoms with Gasteiger partial charge in [-0.05, 0) is 66.3 Å². The van der Waals surface area contributed by atoms with Gasteiger partial charge < -0.3 is 10.1 Å². The molecule has 22 heavy (non-hydrogen) atoms. The normalized spacial score (nSPS) is 13.1. The number of carbonyl (C=O) groups excluding carboxylic acids is 1. The first kappa shape index (κ1) is 14.4. The summed E-state index contributed by atoms with van der Waals surface area (Å²) < 4.78 is 5.11. The van der Waals surface area contributed by atoms with Crippen LogP contribution < -0.4 is 10.1 Å². The quantitative estimate of drug-likeness (QED) is 0.870. The van der Waals surface area contributed by atoms with Crippen LogP contribution in [0.1, 0.15) is 23.1 Å². The number of hydrogen-bond acceptors (Lipinski definition) is 2. The second kappa shape index (κ2) is 6.48. The van der Waals surface area contributed by atoms with E-state index in [0.717, 1.165) is 29.8 Å². The lowest BCUT2D eigenvalue weighted by atomic mass is 10.1. The highest BCUT2D eigenvalue weighted by molar-refractivity contribution is 6.02. The number of carbonyl (C=O) groups is 1. The van der Waals surface area contributed by atoms with Gasteiger partial charge in [-0.2, -0.15) is 0 Å². The Bertz CT molecular complexity index is 702. The Kier molecular flexibility index (Phi) is 4.24. The zero-order valence-corrected chi connectivity index (χ0v) is 12.6. The summed E-state index contributed by atoms with van der Waals surface area (Å²) in [6.45, 7) is 0. The highest BCUT2D eigenvalue weighted by Gasteiger charge is 2.11. The van der Waals surface area contributed by atoms with Gasteiger partial charge in [0.2, 0.25) is 5.91 Å². The summed E-state index contributed by atoms with van der Waals surface area (Å²) in [5.41, 5.74) is 4.60. The maximum atomic E-state index is 12.0. The Balaban J connectivity index is 1.63. The molecule has 1 N–H and O–H groups in total. The summed E-state index contributed by atoms with van der Waals surface area (Å²) in [4.78, 5) is 12.0. The Labute approximate surface area is 130 Å². The molecule has 0 unspecified atom stereocenters. The fourth-order valence-corrected chi connectivity index (χ4v) is 2.72. The fourth-order valence-electron chi connectivity index (χ4n) is 2.72. The van der Waals surface area contributed by atoms with Crippen LogP contribution in [0.2, 0.25) is 0 Å². The average molecular weight is 293 g/mol. The molecule has 0 radical (unpaired) electrons. The Hall–Kier alpha value is -2.55. The van der Waals surface area contributed by atoms with Gasteiger partial charge in [-0.1, -0.05) is 18.2 Å². The molecule has 0 aromatic heterocycles. The van der Waals surface area contributed by atoms with Crippen LogP contribution in [0.25, 0.3) is 6.08 Å². The molecule has 2 aromatic carbocycles. The molecule has 3 heteroatoms. The number of ether oxygens (including phenoxy) is 1. The molecule has 3 nitrogen and oxygen atoms in total. The van der Waals surface area contributed by atoms with Crippen molar-refractivity contribution in [2.45, 2.75) is 19.3 Å². The third-order valence-electron chi connectivity index (χ3n) is 3.91. The minimum atomic E-state index is -0.117. The van der Waals surface area contributed by atoms with E-state index < -0.39 is 0 Å². The van der Waals surface area contributed by atoms with Crippen molar-refractivity contribution >= 4 is 17.7 Å². The maximum absolute atomic E-state index is 12.0. The predicted octanol–water partition coefficient (Wildman–Crippen LogP) is 3.84. The molecule has 112 valence electrons. The number of benzene rings is 2. The average Bonchev–Trinajstić information content (AvgIpc) is 3.01. The summed E-state index contributed by atoms with van der Waals surface area (Å²) in [6.07, 6.45) is 6.82. The van der Waals surface area contributed by atoms with Crippen molar-refractivity contribution in [2.24, 2.45) is 0 Å². The summed E-state index contributed by atoms with van der Waals surface area (Å²) >= 11 is 0. The van der Waals surface area contributed by atoms with Gasteiger partial charge in [0.05, 0.1) is 7.11 Å². The zero-order chi connectivity index (χ0) is 15.4. The molecule has 0 bridgehead atoms. The molecule has 1 aliphatic rings. The Morgan fingerprint density at radius 3 is 2.64 bits per heavy atom. The molecular weight excluding hydrogens is 274 g/mol. The van der Waals surface area contributed by atoms with Crippen molar-refractivity contribution < 1.29 is 9.53 Å². The molecule has 0 fully saturated rings. The van der Waals surface area contributed by atoms with Crippen LogP contribution in [0.5, 0.6) is 5.75 Å². The van der Waals surface area contributed by atoms with Gasteiger partial charge in [-0.25, -0.2) is 0 Å². The van der Waals surface area contributed by atoms with Crippen LogP contribution in [-0.4, -0.2) is 13.0 Å². The van der Waals surface area contributed by atoms with E-state index in [0.29, 0.717) is 0 Å². The Morgan fingerprint density at radius 2 is 1.86 bits per heavy atom. The van der Waals surface area contributed by atoms with Crippen molar-refractivity contribution in [3.8, 4) is 5.75 Å². The van der Waals surface area contributed by atoms with Gasteiger partial charge in [0.25, 0.3) is 0 Å². The molecular formula is C19H19NO2. The number of amides is 1. The first-order chi connectivity index (χ1) is 10.7. The van der Waals surface area contributed by atoms with E-state index >= 15 is 0 Å². The number of aryl methyl sites for hydroxylation is 2. The number of methoxy groups -OCH3 is 1. The first-order valence-corrected chi connectivity index (χ1v) is 7.49. The lowest BCUT2D eigenvalue weighted by Crippen LogP contribution is -2.08. The summed E-state index contributed by atoms with van der Waals surface area (Å²) in [7, 11) is 1.63. The molecule has 3 rings (SSSR count). The van der Waals surface area contributed by atoms with Crippen LogP contribution in [-0.2, 0) is 17.6 Å². The molecule has 0 atom stereocenters. The van der Waals surface area contributed by atoms with Crippen molar-refractivity contribution in [1.82, 2.24) is 0 Å². The summed E-state index contributed by atoms with van der Waals surface area (Å²) in [6, 6.07) is 13.8. The molecule has 1 aliphatic carbocycles. The van der Waals surface area contributed by atoms with Crippen molar-refractivity contribution in [3.05, 3.63) is 65.2 Å². The Morgan fingerprint density at radius 1 is 1.09 bits per heavy atom. The largest absolute Gasteiger partial charge is 0.497 e. The van der Waals surface area contributed by atoms with Gasteiger partial charge in [-0.3, -0.25) is 4.79 Å². The number of fused-ring (bicyclic) bond motifs is 1. The SMILES string of the molecule is COc1ccc(/C=C\C(=O)Nc2ccc3c(c2)CCC3)cc1. The van der Waals surface area contributed by atoms with E-state index in [1.54, 1.807) is 19.3 Å². The lowest BCUT2D eigenvalue weighted by molar-refractivity contribution is -0.111. The molecule has 0 spiro atoms. The van der Waals surface area contributed by atoms with Crippen LogP contribution in [0.3, 0.4) is 0 Å². The standard InChI is InChI=1S/C19H19NO2/c1-22-18-10-5-14(6-11-18)7-12-19(21)20-17-9-8-15-3-2-4-16(15)13-17/h5-13H,2-4H2,1H3,(H,20,21)/b12-7-. The predicted molar refractivity (Wildman–Crippen MR) is 89.1 cm³/mol. The van der Waals surface area contributed by atoms with Crippen molar-refractivity contribution in [1.29, 1.82) is 0 Å². The molecule has 1 amide bonds. The monoisotopic (exact) mass is 293 g/mol. The van der Waals surface area contributed by atoms with Gasteiger partial charge >= 0.3 is 0 Å². The highest BCUT2D eigenvalue weighted by Crippen LogP contribution is 2.24. The van der Waals surface area contributed by atoms with E-state index in [1.807, 2.05) is 30.3 Å². The van der Waals surface area contributed by atoms with Crippen LogP contribution in [0.15, 0.2) is 48.5 Å².